The smallest absolute Gasteiger partial charge is 0.343 e. The highest BCUT2D eigenvalue weighted by atomic mass is 19.1. The average Bonchev–Trinajstić information content (AvgIpc) is 3.63. The molecule has 3 aromatic heterocycles. The van der Waals surface area contributed by atoms with E-state index in [9.17, 15) is 14.3 Å². The molecule has 0 amide bonds. The number of imidazole rings is 1. The monoisotopic (exact) mass is 509 g/mol. The number of anilines is 2. The van der Waals surface area contributed by atoms with Crippen molar-refractivity contribution in [1.29, 1.82) is 0 Å². The van der Waals surface area contributed by atoms with Gasteiger partial charge in [0.2, 0.25) is 5.78 Å². The molecule has 4 aromatic rings. The molecule has 1 atom stereocenters. The van der Waals surface area contributed by atoms with Gasteiger partial charge in [-0.15, -0.1) is 0 Å². The van der Waals surface area contributed by atoms with Crippen LogP contribution in [0.4, 0.5) is 15.9 Å². The summed E-state index contributed by atoms with van der Waals surface area (Å²) >= 11 is 0. The van der Waals surface area contributed by atoms with Crippen molar-refractivity contribution in [2.45, 2.75) is 19.1 Å². The Kier molecular flexibility index (Phi) is 6.02. The Bertz CT molecular complexity index is 1460. The number of aliphatic hydroxyl groups is 1. The number of benzene rings is 1. The normalized spacial score (nSPS) is 18.5. The third kappa shape index (κ3) is 4.20. The second kappa shape index (κ2) is 9.50. The number of H-pyrrole nitrogens is 1. The molecule has 1 unspecified atom stereocenters. The molecule has 0 spiro atoms. The van der Waals surface area contributed by atoms with Crippen LogP contribution in [0, 0.1) is 5.82 Å². The highest BCUT2D eigenvalue weighted by molar-refractivity contribution is 6.14. The van der Waals surface area contributed by atoms with Gasteiger partial charge in [-0.2, -0.15) is 4.98 Å². The van der Waals surface area contributed by atoms with Crippen LogP contribution in [0.25, 0.3) is 5.78 Å². The molecule has 0 aliphatic carbocycles. The lowest BCUT2D eigenvalue weighted by Gasteiger charge is -2.36. The summed E-state index contributed by atoms with van der Waals surface area (Å²) in [5.74, 6) is 7.50. The number of halogens is 1. The molecule has 5 heterocycles. The van der Waals surface area contributed by atoms with Gasteiger partial charge in [0.1, 0.15) is 23.4 Å². The highest BCUT2D eigenvalue weighted by Crippen LogP contribution is 2.30. The maximum atomic E-state index is 13.2. The summed E-state index contributed by atoms with van der Waals surface area (Å²) in [7, 11) is 0. The Morgan fingerprint density at radius 3 is 2.62 bits per heavy atom. The molecule has 1 aromatic carbocycles. The minimum atomic E-state index is -0.519. The van der Waals surface area contributed by atoms with Crippen LogP contribution in [-0.4, -0.2) is 80.4 Å². The minimum absolute atomic E-state index is 0.0898. The Labute approximate surface area is 211 Å². The molecule has 37 heavy (non-hydrogen) atoms. The van der Waals surface area contributed by atoms with Crippen LogP contribution < -0.4 is 21.4 Å². The van der Waals surface area contributed by atoms with Crippen LogP contribution in [0.5, 0.6) is 0 Å². The van der Waals surface area contributed by atoms with E-state index >= 15 is 0 Å². The number of aromatic nitrogens is 4. The fraction of sp³-hybridized carbons (Fsp3) is 0.375. The Hall–Kier alpha value is -3.94. The van der Waals surface area contributed by atoms with E-state index in [-0.39, 0.29) is 18.1 Å². The Balaban J connectivity index is 1.23. The SMILES string of the molecule is NN1c2nc3n(CCN4CCN(c5ccc(F)cc5)CC4)c(=O)[nH]n3c2C(c2ccco2)=NC1CCO. The fourth-order valence-electron chi connectivity index (χ4n) is 4.97. The van der Waals surface area contributed by atoms with Gasteiger partial charge in [-0.25, -0.2) is 24.6 Å². The molecule has 0 bridgehead atoms. The number of furan rings is 1. The first kappa shape index (κ1) is 23.5. The van der Waals surface area contributed by atoms with E-state index in [0.717, 1.165) is 31.9 Å². The van der Waals surface area contributed by atoms with Gasteiger partial charge in [-0.1, -0.05) is 0 Å². The highest BCUT2D eigenvalue weighted by Gasteiger charge is 2.34. The minimum Gasteiger partial charge on any atom is -0.463 e. The predicted octanol–water partition coefficient (Wildman–Crippen LogP) is 0.618. The maximum absolute atomic E-state index is 13.2. The van der Waals surface area contributed by atoms with Gasteiger partial charge in [-0.05, 0) is 36.4 Å². The molecule has 12 nitrogen and oxygen atoms in total. The van der Waals surface area contributed by atoms with Gasteiger partial charge < -0.3 is 14.4 Å². The first-order valence-electron chi connectivity index (χ1n) is 12.2. The van der Waals surface area contributed by atoms with Crippen LogP contribution in [0.1, 0.15) is 17.9 Å². The Morgan fingerprint density at radius 2 is 1.92 bits per heavy atom. The average molecular weight is 510 g/mol. The van der Waals surface area contributed by atoms with Crippen molar-refractivity contribution in [2.75, 3.05) is 49.2 Å². The molecule has 0 radical (unpaired) electrons. The van der Waals surface area contributed by atoms with E-state index in [4.69, 9.17) is 20.2 Å². The summed E-state index contributed by atoms with van der Waals surface area (Å²) in [6, 6.07) is 10.1. The first-order valence-corrected chi connectivity index (χ1v) is 12.2. The van der Waals surface area contributed by atoms with Gasteiger partial charge >= 0.3 is 5.69 Å². The van der Waals surface area contributed by atoms with Gasteiger partial charge in [0, 0.05) is 58.0 Å². The zero-order valence-corrected chi connectivity index (χ0v) is 20.1. The van der Waals surface area contributed by atoms with Gasteiger partial charge in [0.15, 0.2) is 11.6 Å². The van der Waals surface area contributed by atoms with Crippen molar-refractivity contribution < 1.29 is 13.9 Å². The topological polar surface area (TPSA) is 137 Å². The molecule has 1 fully saturated rings. The molecule has 4 N–H and O–H groups in total. The molecule has 194 valence electrons. The number of rotatable bonds is 7. The maximum Gasteiger partial charge on any atom is 0.343 e. The van der Waals surface area contributed by atoms with Crippen LogP contribution in [0.3, 0.4) is 0 Å². The van der Waals surface area contributed by atoms with Gasteiger partial charge in [0.25, 0.3) is 0 Å². The molecular formula is C24H28FN9O3. The lowest BCUT2D eigenvalue weighted by molar-refractivity contribution is 0.248. The number of hydrogen-bond acceptors (Lipinski definition) is 9. The molecular weight excluding hydrogens is 481 g/mol. The van der Waals surface area contributed by atoms with E-state index in [0.29, 0.717) is 48.3 Å². The summed E-state index contributed by atoms with van der Waals surface area (Å²) < 4.78 is 22.0. The number of nitrogens with one attached hydrogen (secondary N) is 1. The Morgan fingerprint density at radius 1 is 1.14 bits per heavy atom. The number of aromatic amines is 1. The van der Waals surface area contributed by atoms with Crippen molar-refractivity contribution in [3.8, 4) is 0 Å². The largest absolute Gasteiger partial charge is 0.463 e. The lowest BCUT2D eigenvalue weighted by atomic mass is 10.1. The van der Waals surface area contributed by atoms with Crippen LogP contribution >= 0.6 is 0 Å². The van der Waals surface area contributed by atoms with Crippen LogP contribution in [-0.2, 0) is 6.54 Å². The van der Waals surface area contributed by atoms with E-state index < -0.39 is 6.17 Å². The number of hydrogen-bond donors (Lipinski definition) is 3. The van der Waals surface area contributed by atoms with E-state index in [1.165, 1.54) is 17.1 Å². The summed E-state index contributed by atoms with van der Waals surface area (Å²) in [6.07, 6.45) is 1.35. The summed E-state index contributed by atoms with van der Waals surface area (Å²) in [5, 5.41) is 13.8. The third-order valence-electron chi connectivity index (χ3n) is 6.95. The number of hydrazine groups is 1. The second-order valence-electron chi connectivity index (χ2n) is 9.15. The quantitative estimate of drug-likeness (QED) is 0.309. The van der Waals surface area contributed by atoms with Crippen molar-refractivity contribution >= 4 is 23.0 Å². The molecule has 13 heteroatoms. The van der Waals surface area contributed by atoms with Gasteiger partial charge in [-0.3, -0.25) is 19.5 Å². The van der Waals surface area contributed by atoms with E-state index in [2.05, 4.69) is 14.9 Å². The summed E-state index contributed by atoms with van der Waals surface area (Å²) in [5.41, 5.74) is 1.77. The second-order valence-corrected chi connectivity index (χ2v) is 9.15. The molecule has 2 aliphatic rings. The predicted molar refractivity (Wildman–Crippen MR) is 135 cm³/mol. The number of aliphatic hydroxyl groups excluding tert-OH is 1. The number of piperazine rings is 1. The van der Waals surface area contributed by atoms with Crippen molar-refractivity contribution in [1.82, 2.24) is 24.1 Å². The van der Waals surface area contributed by atoms with Gasteiger partial charge in [0.05, 0.1) is 6.26 Å². The number of nitrogens with zero attached hydrogens (tertiary/aromatic N) is 7. The van der Waals surface area contributed by atoms with E-state index in [1.807, 2.05) is 0 Å². The van der Waals surface area contributed by atoms with Crippen molar-refractivity contribution in [3.05, 3.63) is 70.4 Å². The molecule has 0 saturated carbocycles. The first-order chi connectivity index (χ1) is 18.0. The lowest BCUT2D eigenvalue weighted by Crippen LogP contribution is -2.47. The summed E-state index contributed by atoms with van der Waals surface area (Å²) in [4.78, 5) is 26.8. The number of aliphatic imine (C=N–C) groups is 1. The zero-order chi connectivity index (χ0) is 25.5. The van der Waals surface area contributed by atoms with Crippen LogP contribution in [0.2, 0.25) is 0 Å². The fourth-order valence-corrected chi connectivity index (χ4v) is 4.97. The number of fused-ring (bicyclic) bond motifs is 3. The number of nitrogens with two attached hydrogens (primary N) is 1. The van der Waals surface area contributed by atoms with Crippen molar-refractivity contribution in [3.63, 3.8) is 0 Å². The summed E-state index contributed by atoms with van der Waals surface area (Å²) in [6.45, 7) is 4.31. The standard InChI is InChI=1S/C24H28FN9O3/c25-16-3-5-17(6-4-16)31-11-8-30(9-12-31)10-13-32-23-28-22-21(34(23)29-24(32)36)20(18-2-1-15-37-18)27-19(7-14-35)33(22)26/h1-6,15,19,35H,7-14,26H2,(H,29,36). The zero-order valence-electron chi connectivity index (χ0n) is 20.1. The molecule has 1 saturated heterocycles. The molecule has 6 rings (SSSR count). The van der Waals surface area contributed by atoms with Crippen LogP contribution in [0.15, 0.2) is 56.9 Å². The third-order valence-corrected chi connectivity index (χ3v) is 6.95. The van der Waals surface area contributed by atoms with Crippen molar-refractivity contribution in [2.24, 2.45) is 10.8 Å². The van der Waals surface area contributed by atoms with E-state index in [1.54, 1.807) is 39.6 Å². The molecule has 2 aliphatic heterocycles.